The summed E-state index contributed by atoms with van der Waals surface area (Å²) < 4.78 is 5.27. The number of fused-ring (bicyclic) bond motifs is 1. The first kappa shape index (κ1) is 14.4. The Morgan fingerprint density at radius 3 is 2.64 bits per heavy atom. The van der Waals surface area contributed by atoms with E-state index in [1.165, 1.54) is 6.33 Å². The molecule has 1 aliphatic rings. The molecular weight excluding hydrogens is 327 g/mol. The quantitative estimate of drug-likeness (QED) is 0.832. The lowest BCUT2D eigenvalue weighted by molar-refractivity contribution is 0.375. The van der Waals surface area contributed by atoms with Crippen molar-refractivity contribution in [3.8, 4) is 11.9 Å². The van der Waals surface area contributed by atoms with Crippen LogP contribution in [-0.4, -0.2) is 9.97 Å². The molecule has 6 nitrogen and oxygen atoms in total. The number of H-pyrrole nitrogens is 1. The van der Waals surface area contributed by atoms with Crippen LogP contribution in [0.15, 0.2) is 40.8 Å². The van der Waals surface area contributed by atoms with Crippen molar-refractivity contribution >= 4 is 23.2 Å². The molecule has 1 aliphatic heterocycles. The number of nitrogens with two attached hydrogens (primary N) is 1. The molecule has 0 saturated heterocycles. The molecule has 0 fully saturated rings. The van der Waals surface area contributed by atoms with Gasteiger partial charge in [0.1, 0.15) is 11.6 Å². The molecule has 0 aliphatic carbocycles. The Balaban J connectivity index is 2.39. The Bertz CT molecular complexity index is 878. The summed E-state index contributed by atoms with van der Waals surface area (Å²) in [4.78, 5) is 18.6. The zero-order chi connectivity index (χ0) is 15.9. The number of halogens is 2. The van der Waals surface area contributed by atoms with Crippen molar-refractivity contribution in [1.29, 1.82) is 5.26 Å². The fourth-order valence-electron chi connectivity index (χ4n) is 2.37. The number of nitrogens with one attached hydrogen (secondary N) is 1. The van der Waals surface area contributed by atoms with Crippen molar-refractivity contribution in [3.05, 3.63) is 67.5 Å². The first-order valence-corrected chi connectivity index (χ1v) is 6.89. The zero-order valence-corrected chi connectivity index (χ0v) is 12.4. The summed E-state index contributed by atoms with van der Waals surface area (Å²) in [6, 6.07) is 6.86. The number of nitriles is 1. The van der Waals surface area contributed by atoms with Crippen LogP contribution in [0.1, 0.15) is 17.0 Å². The summed E-state index contributed by atoms with van der Waals surface area (Å²) in [5.74, 6) is -0.942. The Hall–Kier alpha value is -2.49. The Kier molecular flexibility index (Phi) is 3.53. The molecule has 1 atom stereocenters. The minimum atomic E-state index is -0.840. The van der Waals surface area contributed by atoms with Crippen LogP contribution in [0.2, 0.25) is 10.0 Å². The van der Waals surface area contributed by atoms with Gasteiger partial charge in [-0.3, -0.25) is 4.79 Å². The first-order chi connectivity index (χ1) is 10.5. The van der Waals surface area contributed by atoms with Gasteiger partial charge in [-0.25, -0.2) is 4.98 Å². The van der Waals surface area contributed by atoms with E-state index in [1.54, 1.807) is 18.2 Å². The van der Waals surface area contributed by atoms with E-state index in [1.807, 2.05) is 6.07 Å². The van der Waals surface area contributed by atoms with Gasteiger partial charge in [0.05, 0.1) is 17.8 Å². The van der Waals surface area contributed by atoms with Crippen molar-refractivity contribution < 1.29 is 4.74 Å². The average Bonchev–Trinajstić information content (AvgIpc) is 2.46. The highest BCUT2D eigenvalue weighted by molar-refractivity contribution is 6.36. The Labute approximate surface area is 134 Å². The Morgan fingerprint density at radius 2 is 2.00 bits per heavy atom. The molecular formula is C14H8Cl2N4O2. The fraction of sp³-hybridized carbons (Fsp3) is 0.0714. The molecule has 22 heavy (non-hydrogen) atoms. The minimum absolute atomic E-state index is 0.0289. The van der Waals surface area contributed by atoms with Crippen molar-refractivity contribution in [3.63, 3.8) is 0 Å². The third kappa shape index (κ3) is 2.11. The molecule has 1 unspecified atom stereocenters. The standard InChI is InChI=1S/C14H8Cl2N4O2/c15-7-2-1-3-8(16)10(7)9-6(4-17)12(18)22-14-11(9)13(21)19-5-20-14/h1-3,5,9H,18H2,(H,19,20,21). The summed E-state index contributed by atoms with van der Waals surface area (Å²) in [6.45, 7) is 0. The van der Waals surface area contributed by atoms with E-state index < -0.39 is 11.5 Å². The van der Waals surface area contributed by atoms with Gasteiger partial charge in [0.15, 0.2) is 0 Å². The molecule has 1 aromatic heterocycles. The third-order valence-electron chi connectivity index (χ3n) is 3.31. The summed E-state index contributed by atoms with van der Waals surface area (Å²) in [7, 11) is 0. The van der Waals surface area contributed by atoms with Crippen molar-refractivity contribution in [1.82, 2.24) is 9.97 Å². The zero-order valence-electron chi connectivity index (χ0n) is 10.9. The van der Waals surface area contributed by atoms with Crippen LogP contribution in [-0.2, 0) is 0 Å². The lowest BCUT2D eigenvalue weighted by atomic mass is 9.85. The number of aromatic nitrogens is 2. The van der Waals surface area contributed by atoms with E-state index in [0.29, 0.717) is 15.6 Å². The molecule has 0 radical (unpaired) electrons. The fourth-order valence-corrected chi connectivity index (χ4v) is 2.99. The van der Waals surface area contributed by atoms with Crippen LogP contribution in [0.5, 0.6) is 5.88 Å². The topological polar surface area (TPSA) is 105 Å². The predicted octanol–water partition coefficient (Wildman–Crippen LogP) is 2.29. The average molecular weight is 335 g/mol. The molecule has 1 aromatic carbocycles. The van der Waals surface area contributed by atoms with Crippen LogP contribution >= 0.6 is 23.2 Å². The summed E-state index contributed by atoms with van der Waals surface area (Å²) >= 11 is 12.4. The second kappa shape index (κ2) is 5.37. The maximum absolute atomic E-state index is 12.2. The van der Waals surface area contributed by atoms with Gasteiger partial charge >= 0.3 is 0 Å². The van der Waals surface area contributed by atoms with Gasteiger partial charge in [-0.1, -0.05) is 29.3 Å². The summed E-state index contributed by atoms with van der Waals surface area (Å²) in [5.41, 5.74) is 5.94. The van der Waals surface area contributed by atoms with Crippen molar-refractivity contribution in [2.24, 2.45) is 5.73 Å². The van der Waals surface area contributed by atoms with Gasteiger partial charge in [-0.05, 0) is 12.1 Å². The van der Waals surface area contributed by atoms with Gasteiger partial charge in [0.25, 0.3) is 5.56 Å². The molecule has 0 bridgehead atoms. The van der Waals surface area contributed by atoms with Gasteiger partial charge in [-0.2, -0.15) is 5.26 Å². The van der Waals surface area contributed by atoms with Gasteiger partial charge < -0.3 is 15.5 Å². The largest absolute Gasteiger partial charge is 0.422 e. The first-order valence-electron chi connectivity index (χ1n) is 6.13. The van der Waals surface area contributed by atoms with E-state index in [0.717, 1.165) is 0 Å². The maximum atomic E-state index is 12.2. The van der Waals surface area contributed by atoms with Crippen LogP contribution < -0.4 is 16.0 Å². The van der Waals surface area contributed by atoms with E-state index in [-0.39, 0.29) is 22.9 Å². The monoisotopic (exact) mass is 334 g/mol. The van der Waals surface area contributed by atoms with Crippen LogP contribution in [0, 0.1) is 11.3 Å². The minimum Gasteiger partial charge on any atom is -0.422 e. The highest BCUT2D eigenvalue weighted by Crippen LogP contribution is 2.43. The molecule has 0 spiro atoms. The van der Waals surface area contributed by atoms with Crippen LogP contribution in [0.25, 0.3) is 0 Å². The van der Waals surface area contributed by atoms with Crippen molar-refractivity contribution in [2.75, 3.05) is 0 Å². The predicted molar refractivity (Wildman–Crippen MR) is 80.6 cm³/mol. The second-order valence-corrected chi connectivity index (χ2v) is 5.33. The summed E-state index contributed by atoms with van der Waals surface area (Å²) in [5, 5.41) is 10.0. The maximum Gasteiger partial charge on any atom is 0.258 e. The molecule has 8 heteroatoms. The molecule has 2 aromatic rings. The SMILES string of the molecule is N#CC1=C(N)Oc2nc[nH]c(=O)c2C1c1c(Cl)cccc1Cl. The highest BCUT2D eigenvalue weighted by atomic mass is 35.5. The van der Waals surface area contributed by atoms with Gasteiger partial charge in [0, 0.05) is 15.6 Å². The van der Waals surface area contributed by atoms with Crippen LogP contribution in [0.3, 0.4) is 0 Å². The number of ether oxygens (including phenoxy) is 1. The lowest BCUT2D eigenvalue weighted by Gasteiger charge is -2.25. The third-order valence-corrected chi connectivity index (χ3v) is 3.97. The Morgan fingerprint density at radius 1 is 1.32 bits per heavy atom. The number of rotatable bonds is 1. The number of nitrogens with zero attached hydrogens (tertiary/aromatic N) is 2. The van der Waals surface area contributed by atoms with E-state index >= 15 is 0 Å². The van der Waals surface area contributed by atoms with E-state index in [9.17, 15) is 10.1 Å². The van der Waals surface area contributed by atoms with Gasteiger partial charge in [-0.15, -0.1) is 0 Å². The van der Waals surface area contributed by atoms with Crippen LogP contribution in [0.4, 0.5) is 0 Å². The number of aromatic amines is 1. The number of hydrogen-bond donors (Lipinski definition) is 2. The molecule has 110 valence electrons. The molecule has 3 rings (SSSR count). The van der Waals surface area contributed by atoms with E-state index in [4.69, 9.17) is 33.7 Å². The van der Waals surface area contributed by atoms with Crippen molar-refractivity contribution in [2.45, 2.75) is 5.92 Å². The number of benzene rings is 1. The highest BCUT2D eigenvalue weighted by Gasteiger charge is 2.36. The summed E-state index contributed by atoms with van der Waals surface area (Å²) in [6.07, 6.45) is 1.19. The van der Waals surface area contributed by atoms with E-state index in [2.05, 4.69) is 9.97 Å². The number of hydrogen-bond acceptors (Lipinski definition) is 5. The molecule has 2 heterocycles. The smallest absolute Gasteiger partial charge is 0.258 e. The molecule has 0 saturated carbocycles. The lowest BCUT2D eigenvalue weighted by Crippen LogP contribution is -2.28. The molecule has 3 N–H and O–H groups in total. The molecule has 0 amide bonds. The second-order valence-electron chi connectivity index (χ2n) is 4.51. The van der Waals surface area contributed by atoms with Gasteiger partial charge in [0.2, 0.25) is 11.8 Å². The normalized spacial score (nSPS) is 16.7. The number of allylic oxidation sites excluding steroid dienone is 1.